The molecule has 196 valence electrons. The monoisotopic (exact) mass is 497 g/mol. The van der Waals surface area contributed by atoms with Crippen molar-refractivity contribution in [3.63, 3.8) is 0 Å². The van der Waals surface area contributed by atoms with Crippen LogP contribution in [0, 0.1) is 12.3 Å². The lowest BCUT2D eigenvalue weighted by Gasteiger charge is -2.28. The number of methoxy groups -OCH3 is 1. The summed E-state index contributed by atoms with van der Waals surface area (Å²) in [4.78, 5) is 4.60. The molecule has 1 atom stereocenters. The molecular weight excluding hydrogens is 454 g/mol. The molecule has 0 aromatic heterocycles. The number of nitrogens with two attached hydrogens (primary N) is 1. The predicted molar refractivity (Wildman–Crippen MR) is 159 cm³/mol. The van der Waals surface area contributed by atoms with E-state index in [1.54, 1.807) is 7.11 Å². The largest absolute Gasteiger partial charge is 0.497 e. The molecule has 0 saturated heterocycles. The Morgan fingerprint density at radius 3 is 1.86 bits per heavy atom. The van der Waals surface area contributed by atoms with Crippen LogP contribution < -0.4 is 10.5 Å². The lowest BCUT2D eigenvalue weighted by molar-refractivity contribution is 0.241. The fourth-order valence-electron chi connectivity index (χ4n) is 4.12. The van der Waals surface area contributed by atoms with Gasteiger partial charge in [-0.3, -0.25) is 9.80 Å². The molecule has 0 aliphatic carbocycles. The summed E-state index contributed by atoms with van der Waals surface area (Å²) in [5, 5.41) is 0. The van der Waals surface area contributed by atoms with Crippen molar-refractivity contribution in [1.29, 1.82) is 0 Å². The molecule has 0 heterocycles. The van der Waals surface area contributed by atoms with Crippen molar-refractivity contribution in [3.05, 3.63) is 108 Å². The van der Waals surface area contributed by atoms with Crippen LogP contribution in [0.4, 0.5) is 0 Å². The standard InChI is InChI=1S/C26H30N2O.C7H13N/c1-21(22-13-15-25(29-2)16-14-22)28(20-18-27)19-17-26(23-9-5-3-6-10-23)24-11-7-4-8-12-24;1-4-7-8(5-2)6-3/h3-17,21H,18-20,27H2,1-2H3;1H,5-7H2,2-3H3/t21-;/m1./s1. The molecule has 0 radical (unpaired) electrons. The number of rotatable bonds is 12. The minimum absolute atomic E-state index is 0.258. The predicted octanol–water partition coefficient (Wildman–Crippen LogP) is 6.11. The number of nitrogens with zero attached hydrogens (tertiary/aromatic N) is 2. The minimum atomic E-state index is 0.258. The molecule has 3 rings (SSSR count). The van der Waals surface area contributed by atoms with Crippen LogP contribution in [0.25, 0.3) is 5.57 Å². The molecule has 4 heteroatoms. The van der Waals surface area contributed by atoms with Crippen LogP contribution in [0.5, 0.6) is 5.75 Å². The maximum absolute atomic E-state index is 5.94. The van der Waals surface area contributed by atoms with E-state index in [1.807, 2.05) is 12.1 Å². The van der Waals surface area contributed by atoms with Crippen LogP contribution in [-0.2, 0) is 0 Å². The highest BCUT2D eigenvalue weighted by molar-refractivity contribution is 5.79. The number of ether oxygens (including phenoxy) is 1. The van der Waals surface area contributed by atoms with Gasteiger partial charge in [-0.1, -0.05) is 98.6 Å². The third-order valence-corrected chi connectivity index (χ3v) is 6.47. The summed E-state index contributed by atoms with van der Waals surface area (Å²) in [5.41, 5.74) is 10.9. The van der Waals surface area contributed by atoms with Gasteiger partial charge in [0.15, 0.2) is 0 Å². The third-order valence-electron chi connectivity index (χ3n) is 6.47. The smallest absolute Gasteiger partial charge is 0.118 e. The van der Waals surface area contributed by atoms with Crippen LogP contribution in [0.2, 0.25) is 0 Å². The molecule has 0 saturated carbocycles. The summed E-state index contributed by atoms with van der Waals surface area (Å²) in [5.74, 6) is 3.47. The molecule has 3 aromatic rings. The van der Waals surface area contributed by atoms with Crippen molar-refractivity contribution in [2.75, 3.05) is 46.4 Å². The molecule has 0 aliphatic heterocycles. The molecular formula is C33H43N3O. The second-order valence-corrected chi connectivity index (χ2v) is 8.75. The maximum atomic E-state index is 5.94. The fraction of sp³-hybridized carbons (Fsp3) is 0.333. The Bertz CT molecular complexity index is 1030. The van der Waals surface area contributed by atoms with Crippen molar-refractivity contribution in [1.82, 2.24) is 9.80 Å². The van der Waals surface area contributed by atoms with Crippen molar-refractivity contribution in [2.45, 2.75) is 26.8 Å². The van der Waals surface area contributed by atoms with Crippen LogP contribution in [0.15, 0.2) is 91.0 Å². The third kappa shape index (κ3) is 9.90. The van der Waals surface area contributed by atoms with Crippen LogP contribution in [0.3, 0.4) is 0 Å². The van der Waals surface area contributed by atoms with Gasteiger partial charge in [0.2, 0.25) is 0 Å². The van der Waals surface area contributed by atoms with E-state index in [0.717, 1.165) is 38.5 Å². The molecule has 2 N–H and O–H groups in total. The zero-order chi connectivity index (χ0) is 26.9. The van der Waals surface area contributed by atoms with E-state index in [1.165, 1.54) is 22.3 Å². The van der Waals surface area contributed by atoms with E-state index in [-0.39, 0.29) is 6.04 Å². The summed E-state index contributed by atoms with van der Waals surface area (Å²) >= 11 is 0. The molecule has 0 spiro atoms. The van der Waals surface area contributed by atoms with Gasteiger partial charge in [0.05, 0.1) is 13.7 Å². The van der Waals surface area contributed by atoms with Crippen molar-refractivity contribution in [2.24, 2.45) is 5.73 Å². The first kappa shape index (κ1) is 29.9. The molecule has 0 fully saturated rings. The van der Waals surface area contributed by atoms with Gasteiger partial charge in [0, 0.05) is 25.7 Å². The first-order chi connectivity index (χ1) is 18.1. The number of benzene rings is 3. The van der Waals surface area contributed by atoms with Gasteiger partial charge in [-0.2, -0.15) is 0 Å². The van der Waals surface area contributed by atoms with Gasteiger partial charge in [-0.25, -0.2) is 0 Å². The quantitative estimate of drug-likeness (QED) is 0.307. The highest BCUT2D eigenvalue weighted by Gasteiger charge is 2.15. The number of hydrogen-bond donors (Lipinski definition) is 1. The van der Waals surface area contributed by atoms with Crippen molar-refractivity contribution < 1.29 is 4.74 Å². The highest BCUT2D eigenvalue weighted by atomic mass is 16.5. The lowest BCUT2D eigenvalue weighted by Crippen LogP contribution is -2.32. The van der Waals surface area contributed by atoms with Gasteiger partial charge >= 0.3 is 0 Å². The highest BCUT2D eigenvalue weighted by Crippen LogP contribution is 2.26. The second-order valence-electron chi connectivity index (χ2n) is 8.75. The Morgan fingerprint density at radius 1 is 0.919 bits per heavy atom. The van der Waals surface area contributed by atoms with E-state index in [0.29, 0.717) is 6.54 Å². The molecule has 0 bridgehead atoms. The van der Waals surface area contributed by atoms with E-state index >= 15 is 0 Å². The Morgan fingerprint density at radius 2 is 1.46 bits per heavy atom. The van der Waals surface area contributed by atoms with Gasteiger partial charge in [0.1, 0.15) is 5.75 Å². The van der Waals surface area contributed by atoms with Crippen LogP contribution in [-0.4, -0.2) is 56.2 Å². The van der Waals surface area contributed by atoms with E-state index in [9.17, 15) is 0 Å². The Hall–Kier alpha value is -3.36. The Balaban J connectivity index is 0.000000521. The molecule has 4 nitrogen and oxygen atoms in total. The summed E-state index contributed by atoms with van der Waals surface area (Å²) in [7, 11) is 1.69. The Kier molecular flexibility index (Phi) is 13.9. The van der Waals surface area contributed by atoms with Crippen LogP contribution in [0.1, 0.15) is 43.5 Å². The van der Waals surface area contributed by atoms with Crippen LogP contribution >= 0.6 is 0 Å². The first-order valence-corrected chi connectivity index (χ1v) is 13.1. The topological polar surface area (TPSA) is 41.7 Å². The summed E-state index contributed by atoms with van der Waals surface area (Å²) in [6.45, 7) is 11.6. The number of terminal acetylenes is 1. The summed E-state index contributed by atoms with van der Waals surface area (Å²) in [6.07, 6.45) is 7.41. The fourth-order valence-corrected chi connectivity index (χ4v) is 4.12. The SMILES string of the molecule is C#CCN(CC)CC.COc1ccc([C@@H](C)N(CC=C(c2ccccc2)c2ccccc2)CCN)cc1. The summed E-state index contributed by atoms with van der Waals surface area (Å²) in [6, 6.07) is 29.7. The molecule has 0 amide bonds. The van der Waals surface area contributed by atoms with Gasteiger partial charge < -0.3 is 10.5 Å². The zero-order valence-corrected chi connectivity index (χ0v) is 22.9. The molecule has 0 unspecified atom stereocenters. The van der Waals surface area contributed by atoms with E-state index < -0.39 is 0 Å². The Labute approximate surface area is 224 Å². The van der Waals surface area contributed by atoms with E-state index in [2.05, 4.69) is 115 Å². The molecule has 37 heavy (non-hydrogen) atoms. The maximum Gasteiger partial charge on any atom is 0.118 e. The molecule has 3 aromatic carbocycles. The lowest BCUT2D eigenvalue weighted by atomic mass is 9.97. The van der Waals surface area contributed by atoms with Crippen molar-refractivity contribution >= 4 is 5.57 Å². The van der Waals surface area contributed by atoms with Gasteiger partial charge in [0.25, 0.3) is 0 Å². The normalized spacial score (nSPS) is 11.3. The van der Waals surface area contributed by atoms with E-state index in [4.69, 9.17) is 16.9 Å². The zero-order valence-electron chi connectivity index (χ0n) is 22.9. The average Bonchev–Trinajstić information content (AvgIpc) is 2.96. The first-order valence-electron chi connectivity index (χ1n) is 13.1. The van der Waals surface area contributed by atoms with Crippen molar-refractivity contribution in [3.8, 4) is 18.1 Å². The second kappa shape index (κ2) is 17.2. The van der Waals surface area contributed by atoms with Gasteiger partial charge in [-0.05, 0) is 54.4 Å². The number of hydrogen-bond acceptors (Lipinski definition) is 4. The summed E-state index contributed by atoms with van der Waals surface area (Å²) < 4.78 is 5.29. The molecule has 0 aliphatic rings. The van der Waals surface area contributed by atoms with Gasteiger partial charge in [-0.15, -0.1) is 6.42 Å². The minimum Gasteiger partial charge on any atom is -0.497 e. The average molecular weight is 498 g/mol.